The Morgan fingerprint density at radius 1 is 1.15 bits per heavy atom. The van der Waals surface area contributed by atoms with Crippen molar-refractivity contribution in [1.82, 2.24) is 9.38 Å². The lowest BCUT2D eigenvalue weighted by atomic mass is 10.0. The maximum atomic E-state index is 12.0. The van der Waals surface area contributed by atoms with Crippen molar-refractivity contribution in [3.63, 3.8) is 0 Å². The van der Waals surface area contributed by atoms with E-state index in [1.807, 2.05) is 28.7 Å². The molecule has 5 heteroatoms. The molecule has 26 heavy (non-hydrogen) atoms. The molecule has 0 fully saturated rings. The van der Waals surface area contributed by atoms with Crippen LogP contribution in [0.3, 0.4) is 0 Å². The third-order valence-corrected chi connectivity index (χ3v) is 5.34. The zero-order valence-electron chi connectivity index (χ0n) is 14.8. The summed E-state index contributed by atoms with van der Waals surface area (Å²) in [7, 11) is 1.63. The van der Waals surface area contributed by atoms with Crippen LogP contribution in [0.5, 0.6) is 5.75 Å². The van der Waals surface area contributed by atoms with Gasteiger partial charge in [-0.25, -0.2) is 4.98 Å². The Kier molecular flexibility index (Phi) is 4.09. The highest BCUT2D eigenvalue weighted by molar-refractivity contribution is 7.15. The number of hydrogen-bond donors (Lipinski definition) is 0. The number of hydrogen-bond acceptors (Lipinski definition) is 4. The smallest absolute Gasteiger partial charge is 0.195 e. The van der Waals surface area contributed by atoms with E-state index in [1.54, 1.807) is 7.11 Å². The van der Waals surface area contributed by atoms with Gasteiger partial charge in [-0.15, -0.1) is 11.3 Å². The van der Waals surface area contributed by atoms with Crippen LogP contribution >= 0.6 is 11.3 Å². The van der Waals surface area contributed by atoms with Crippen LogP contribution < -0.4 is 4.74 Å². The second-order valence-corrected chi connectivity index (χ2v) is 7.09. The average Bonchev–Trinajstić information content (AvgIpc) is 3.21. The van der Waals surface area contributed by atoms with Gasteiger partial charge in [-0.2, -0.15) is 0 Å². The van der Waals surface area contributed by atoms with E-state index < -0.39 is 0 Å². The number of fused-ring (bicyclic) bond motifs is 1. The number of nitrogens with zero attached hydrogens (tertiary/aromatic N) is 2. The number of benzene rings is 2. The van der Waals surface area contributed by atoms with Crippen LogP contribution in [0.4, 0.5) is 0 Å². The van der Waals surface area contributed by atoms with Gasteiger partial charge in [-0.1, -0.05) is 35.9 Å². The minimum Gasteiger partial charge on any atom is -0.497 e. The van der Waals surface area contributed by atoms with E-state index in [9.17, 15) is 4.79 Å². The zero-order chi connectivity index (χ0) is 18.3. The highest BCUT2D eigenvalue weighted by Gasteiger charge is 2.19. The number of methoxy groups -OCH3 is 1. The minimum atomic E-state index is 0.560. The van der Waals surface area contributed by atoms with Gasteiger partial charge in [0.15, 0.2) is 11.2 Å². The van der Waals surface area contributed by atoms with Crippen LogP contribution in [-0.2, 0) is 0 Å². The molecule has 0 bridgehead atoms. The monoisotopic (exact) mass is 362 g/mol. The standard InChI is InChI=1S/C21H18N2O2S/c1-13-7-8-17(14(2)9-13)19-12-26-21-22-20(18(11-24)23(19)21)15-5-4-6-16(10-15)25-3/h4-12H,1-3H3. The van der Waals surface area contributed by atoms with Gasteiger partial charge in [0.2, 0.25) is 0 Å². The third-order valence-electron chi connectivity index (χ3n) is 4.51. The molecule has 0 saturated heterocycles. The van der Waals surface area contributed by atoms with E-state index in [-0.39, 0.29) is 0 Å². The van der Waals surface area contributed by atoms with Gasteiger partial charge in [-0.3, -0.25) is 9.20 Å². The van der Waals surface area contributed by atoms with Crippen molar-refractivity contribution >= 4 is 22.6 Å². The van der Waals surface area contributed by atoms with Crippen LogP contribution in [0.1, 0.15) is 21.6 Å². The van der Waals surface area contributed by atoms with Gasteiger partial charge in [0.05, 0.1) is 12.8 Å². The number of thiazole rings is 1. The van der Waals surface area contributed by atoms with Gasteiger partial charge in [-0.05, 0) is 31.5 Å². The molecule has 2 heterocycles. The van der Waals surface area contributed by atoms with E-state index in [0.717, 1.165) is 33.8 Å². The lowest BCUT2D eigenvalue weighted by Crippen LogP contribution is -1.95. The van der Waals surface area contributed by atoms with Crippen molar-refractivity contribution in [2.45, 2.75) is 13.8 Å². The van der Waals surface area contributed by atoms with Crippen molar-refractivity contribution < 1.29 is 9.53 Å². The summed E-state index contributed by atoms with van der Waals surface area (Å²) in [6.45, 7) is 4.17. The fourth-order valence-electron chi connectivity index (χ4n) is 3.26. The Morgan fingerprint density at radius 3 is 2.73 bits per heavy atom. The number of carbonyl (C=O) groups excluding carboxylic acids is 1. The number of carbonyl (C=O) groups is 1. The molecule has 2 aromatic heterocycles. The van der Waals surface area contributed by atoms with Crippen molar-refractivity contribution in [2.75, 3.05) is 7.11 Å². The van der Waals surface area contributed by atoms with Gasteiger partial charge in [0, 0.05) is 16.5 Å². The predicted octanol–water partition coefficient (Wildman–Crippen LogP) is 5.17. The highest BCUT2D eigenvalue weighted by atomic mass is 32.1. The van der Waals surface area contributed by atoms with E-state index in [1.165, 1.54) is 22.5 Å². The summed E-state index contributed by atoms with van der Waals surface area (Å²) in [6, 6.07) is 14.0. The summed E-state index contributed by atoms with van der Waals surface area (Å²) >= 11 is 1.54. The van der Waals surface area contributed by atoms with Gasteiger partial charge >= 0.3 is 0 Å². The van der Waals surface area contributed by atoms with Crippen LogP contribution in [0, 0.1) is 13.8 Å². The molecule has 0 radical (unpaired) electrons. The molecule has 0 saturated carbocycles. The predicted molar refractivity (Wildman–Crippen MR) is 105 cm³/mol. The molecular weight excluding hydrogens is 344 g/mol. The van der Waals surface area contributed by atoms with Crippen molar-refractivity contribution in [3.8, 4) is 28.3 Å². The summed E-state index contributed by atoms with van der Waals surface area (Å²) in [5, 5.41) is 2.06. The van der Waals surface area contributed by atoms with Gasteiger partial charge in [0.1, 0.15) is 17.1 Å². The molecule has 2 aromatic carbocycles. The first-order chi connectivity index (χ1) is 12.6. The summed E-state index contributed by atoms with van der Waals surface area (Å²) in [5.74, 6) is 0.741. The lowest BCUT2D eigenvalue weighted by Gasteiger charge is -2.07. The second-order valence-electron chi connectivity index (χ2n) is 6.25. The largest absolute Gasteiger partial charge is 0.497 e. The molecule has 0 amide bonds. The maximum absolute atomic E-state index is 12.0. The van der Waals surface area contributed by atoms with E-state index in [0.29, 0.717) is 11.4 Å². The van der Waals surface area contributed by atoms with Crippen LogP contribution in [0.2, 0.25) is 0 Å². The molecule has 0 aliphatic rings. The Morgan fingerprint density at radius 2 is 2.00 bits per heavy atom. The van der Waals surface area contributed by atoms with Crippen molar-refractivity contribution in [2.24, 2.45) is 0 Å². The fraction of sp³-hybridized carbons (Fsp3) is 0.143. The Bertz CT molecular complexity index is 1120. The first-order valence-corrected chi connectivity index (χ1v) is 9.17. The second kappa shape index (κ2) is 6.42. The summed E-state index contributed by atoms with van der Waals surface area (Å²) in [4.78, 5) is 17.5. The Balaban J connectivity index is 1.96. The van der Waals surface area contributed by atoms with E-state index >= 15 is 0 Å². The normalized spacial score (nSPS) is 11.0. The van der Waals surface area contributed by atoms with Crippen LogP contribution in [0.15, 0.2) is 47.8 Å². The van der Waals surface area contributed by atoms with Crippen LogP contribution in [-0.4, -0.2) is 22.8 Å². The molecule has 4 aromatic rings. The molecule has 0 spiro atoms. The molecule has 0 N–H and O–H groups in total. The highest BCUT2D eigenvalue weighted by Crippen LogP contribution is 2.34. The van der Waals surface area contributed by atoms with Crippen LogP contribution in [0.25, 0.3) is 27.5 Å². The molecule has 0 aliphatic carbocycles. The van der Waals surface area contributed by atoms with Gasteiger partial charge in [0.25, 0.3) is 0 Å². The Labute approximate surface area is 155 Å². The molecule has 0 unspecified atom stereocenters. The van der Waals surface area contributed by atoms with E-state index in [4.69, 9.17) is 9.72 Å². The third kappa shape index (κ3) is 2.61. The molecule has 0 aliphatic heterocycles. The summed E-state index contributed by atoms with van der Waals surface area (Å²) in [5.41, 5.74) is 6.61. The Hall–Kier alpha value is -2.92. The molecular formula is C21H18N2O2S. The summed E-state index contributed by atoms with van der Waals surface area (Å²) in [6.07, 6.45) is 0.883. The average molecular weight is 362 g/mol. The van der Waals surface area contributed by atoms with Gasteiger partial charge < -0.3 is 4.74 Å². The fourth-order valence-corrected chi connectivity index (χ4v) is 4.16. The van der Waals surface area contributed by atoms with Crippen molar-refractivity contribution in [3.05, 3.63) is 64.7 Å². The quantitative estimate of drug-likeness (QED) is 0.471. The maximum Gasteiger partial charge on any atom is 0.195 e. The lowest BCUT2D eigenvalue weighted by molar-refractivity contribution is 0.111. The first kappa shape index (κ1) is 16.5. The number of aromatic nitrogens is 2. The number of imidazole rings is 1. The zero-order valence-corrected chi connectivity index (χ0v) is 15.6. The molecule has 4 nitrogen and oxygen atoms in total. The molecule has 4 rings (SSSR count). The van der Waals surface area contributed by atoms with Crippen molar-refractivity contribution in [1.29, 1.82) is 0 Å². The SMILES string of the molecule is COc1cccc(-c2nc3scc(-c4ccc(C)cc4C)n3c2C=O)c1. The number of rotatable bonds is 4. The number of aldehydes is 1. The van der Waals surface area contributed by atoms with E-state index in [2.05, 4.69) is 37.4 Å². The number of aryl methyl sites for hydroxylation is 2. The molecule has 0 atom stereocenters. The first-order valence-electron chi connectivity index (χ1n) is 8.29. The minimum absolute atomic E-state index is 0.560. The summed E-state index contributed by atoms with van der Waals surface area (Å²) < 4.78 is 7.25. The molecule has 130 valence electrons. The topological polar surface area (TPSA) is 43.6 Å². The number of ether oxygens (including phenoxy) is 1.